The molecule has 0 bridgehead atoms. The molecule has 1 heterocycles. The number of hydrogen-bond acceptors (Lipinski definition) is 4. The van der Waals surface area contributed by atoms with Crippen LogP contribution < -0.4 is 0 Å². The van der Waals surface area contributed by atoms with Gasteiger partial charge in [0.15, 0.2) is 0 Å². The van der Waals surface area contributed by atoms with Gasteiger partial charge in [0, 0.05) is 12.5 Å². The van der Waals surface area contributed by atoms with Crippen LogP contribution in [0.15, 0.2) is 61.2 Å². The second-order valence-corrected chi connectivity index (χ2v) is 7.43. The molecule has 5 heteroatoms. The Kier molecular flexibility index (Phi) is 5.65. The van der Waals surface area contributed by atoms with E-state index in [-0.39, 0.29) is 19.1 Å². The van der Waals surface area contributed by atoms with Crippen molar-refractivity contribution < 1.29 is 19.1 Å². The second-order valence-electron chi connectivity index (χ2n) is 7.43. The summed E-state index contributed by atoms with van der Waals surface area (Å²) in [5.74, 6) is -0.389. The fraction of sp³-hybridized carbons (Fsp3) is 0.333. The number of carbonyl (C=O) groups is 2. The highest BCUT2D eigenvalue weighted by molar-refractivity contribution is 5.82. The van der Waals surface area contributed by atoms with Gasteiger partial charge in [-0.1, -0.05) is 61.2 Å². The first-order chi connectivity index (χ1) is 14.2. The van der Waals surface area contributed by atoms with Crippen LogP contribution in [-0.4, -0.2) is 42.8 Å². The molecule has 0 radical (unpaired) electrons. The number of likely N-dealkylation sites (tertiary alicyclic amines) is 1. The first-order valence-electron chi connectivity index (χ1n) is 10.1. The van der Waals surface area contributed by atoms with Gasteiger partial charge in [-0.3, -0.25) is 4.90 Å². The van der Waals surface area contributed by atoms with E-state index in [1.807, 2.05) is 24.3 Å². The van der Waals surface area contributed by atoms with Crippen molar-refractivity contribution in [1.29, 1.82) is 0 Å². The number of fused-ring (bicyclic) bond motifs is 3. The van der Waals surface area contributed by atoms with Gasteiger partial charge in [-0.2, -0.15) is 0 Å². The predicted molar refractivity (Wildman–Crippen MR) is 111 cm³/mol. The van der Waals surface area contributed by atoms with Crippen LogP contribution in [0.1, 0.15) is 36.3 Å². The molecule has 2 aliphatic rings. The van der Waals surface area contributed by atoms with Gasteiger partial charge in [-0.15, -0.1) is 0 Å². The van der Waals surface area contributed by atoms with E-state index in [1.54, 1.807) is 0 Å². The van der Waals surface area contributed by atoms with Crippen molar-refractivity contribution in [2.24, 2.45) is 0 Å². The fourth-order valence-electron chi connectivity index (χ4n) is 4.31. The molecule has 1 fully saturated rings. The van der Waals surface area contributed by atoms with Gasteiger partial charge in [0.25, 0.3) is 0 Å². The summed E-state index contributed by atoms with van der Waals surface area (Å²) in [4.78, 5) is 26.7. The Labute approximate surface area is 170 Å². The van der Waals surface area contributed by atoms with Crippen LogP contribution in [0.2, 0.25) is 0 Å². The van der Waals surface area contributed by atoms with E-state index in [4.69, 9.17) is 9.47 Å². The topological polar surface area (TPSA) is 55.8 Å². The molecule has 1 unspecified atom stereocenters. The number of piperidine rings is 1. The molecule has 1 saturated heterocycles. The van der Waals surface area contributed by atoms with E-state index < -0.39 is 18.1 Å². The molecule has 0 aromatic heterocycles. The van der Waals surface area contributed by atoms with Crippen LogP contribution in [0.3, 0.4) is 0 Å². The van der Waals surface area contributed by atoms with Gasteiger partial charge in [-0.05, 0) is 41.5 Å². The smallest absolute Gasteiger partial charge is 0.410 e. The van der Waals surface area contributed by atoms with Crippen molar-refractivity contribution >= 4 is 12.1 Å². The average molecular weight is 391 g/mol. The molecule has 29 heavy (non-hydrogen) atoms. The zero-order valence-electron chi connectivity index (χ0n) is 16.4. The van der Waals surface area contributed by atoms with E-state index in [9.17, 15) is 9.59 Å². The number of rotatable bonds is 5. The summed E-state index contributed by atoms with van der Waals surface area (Å²) in [7, 11) is 0. The van der Waals surface area contributed by atoms with Crippen molar-refractivity contribution in [2.45, 2.75) is 31.2 Å². The highest BCUT2D eigenvalue weighted by Crippen LogP contribution is 2.44. The standard InChI is InChI=1S/C24H25NO4/c1-2-15-28-23(26)22-13-7-8-14-25(22)24(27)29-16-21-19-11-5-3-9-17(19)18-10-4-6-12-20(18)21/h2-6,9-12,21-22H,1,7-8,13-16H2. The Bertz CT molecular complexity index is 877. The molecule has 1 aliphatic carbocycles. The second kappa shape index (κ2) is 8.52. The van der Waals surface area contributed by atoms with Crippen molar-refractivity contribution in [3.05, 3.63) is 72.3 Å². The van der Waals surface area contributed by atoms with E-state index >= 15 is 0 Å². The third-order valence-corrected chi connectivity index (χ3v) is 5.69. The van der Waals surface area contributed by atoms with Crippen molar-refractivity contribution in [3.63, 3.8) is 0 Å². The Morgan fingerprint density at radius 3 is 2.31 bits per heavy atom. The minimum absolute atomic E-state index is 0.00214. The SMILES string of the molecule is C=CCOC(=O)C1CCCCN1C(=O)OCC1c2ccccc2-c2ccccc21. The molecule has 0 saturated carbocycles. The molecule has 150 valence electrons. The van der Waals surface area contributed by atoms with E-state index in [0.717, 1.165) is 12.8 Å². The number of ether oxygens (including phenoxy) is 2. The average Bonchev–Trinajstić information content (AvgIpc) is 3.09. The van der Waals surface area contributed by atoms with E-state index in [2.05, 4.69) is 30.8 Å². The zero-order valence-corrected chi connectivity index (χ0v) is 16.4. The number of benzene rings is 2. The maximum absolute atomic E-state index is 12.8. The van der Waals surface area contributed by atoms with Crippen LogP contribution in [-0.2, 0) is 14.3 Å². The quantitative estimate of drug-likeness (QED) is 0.555. The maximum atomic E-state index is 12.8. The molecular weight excluding hydrogens is 366 g/mol. The maximum Gasteiger partial charge on any atom is 0.410 e. The van der Waals surface area contributed by atoms with Gasteiger partial charge < -0.3 is 9.47 Å². The Hall–Kier alpha value is -3.08. The third-order valence-electron chi connectivity index (χ3n) is 5.69. The lowest BCUT2D eigenvalue weighted by Crippen LogP contribution is -2.49. The molecular formula is C24H25NO4. The normalized spacial score (nSPS) is 17.9. The fourth-order valence-corrected chi connectivity index (χ4v) is 4.31. The number of amides is 1. The van der Waals surface area contributed by atoms with E-state index in [1.165, 1.54) is 33.2 Å². The minimum Gasteiger partial charge on any atom is -0.460 e. The Morgan fingerprint density at radius 2 is 1.66 bits per heavy atom. The van der Waals surface area contributed by atoms with Crippen LogP contribution >= 0.6 is 0 Å². The molecule has 4 rings (SSSR count). The molecule has 2 aromatic carbocycles. The summed E-state index contributed by atoms with van der Waals surface area (Å²) in [5.41, 5.74) is 4.71. The third kappa shape index (κ3) is 3.77. The first-order valence-corrected chi connectivity index (χ1v) is 10.1. The van der Waals surface area contributed by atoms with Gasteiger partial charge in [0.2, 0.25) is 0 Å². The lowest BCUT2D eigenvalue weighted by Gasteiger charge is -2.33. The first kappa shape index (κ1) is 19.2. The largest absolute Gasteiger partial charge is 0.460 e. The molecule has 0 N–H and O–H groups in total. The highest BCUT2D eigenvalue weighted by atomic mass is 16.6. The summed E-state index contributed by atoms with van der Waals surface area (Å²) < 4.78 is 10.9. The summed E-state index contributed by atoms with van der Waals surface area (Å²) in [5, 5.41) is 0. The van der Waals surface area contributed by atoms with Gasteiger partial charge in [0.05, 0.1) is 0 Å². The summed E-state index contributed by atoms with van der Waals surface area (Å²) in [6, 6.07) is 15.9. The summed E-state index contributed by atoms with van der Waals surface area (Å²) in [6.07, 6.45) is 3.42. The molecule has 0 spiro atoms. The summed E-state index contributed by atoms with van der Waals surface area (Å²) in [6.45, 7) is 4.46. The lowest BCUT2D eigenvalue weighted by molar-refractivity contribution is -0.149. The number of hydrogen-bond donors (Lipinski definition) is 0. The van der Waals surface area contributed by atoms with Crippen molar-refractivity contribution in [2.75, 3.05) is 19.8 Å². The Morgan fingerprint density at radius 1 is 1.00 bits per heavy atom. The minimum atomic E-state index is -0.584. The number of esters is 1. The lowest BCUT2D eigenvalue weighted by atomic mass is 9.98. The number of nitrogens with zero attached hydrogens (tertiary/aromatic N) is 1. The van der Waals surface area contributed by atoms with Crippen LogP contribution in [0.5, 0.6) is 0 Å². The van der Waals surface area contributed by atoms with Gasteiger partial charge in [0.1, 0.15) is 19.3 Å². The zero-order chi connectivity index (χ0) is 20.2. The summed E-state index contributed by atoms with van der Waals surface area (Å²) >= 11 is 0. The predicted octanol–water partition coefficient (Wildman–Crippen LogP) is 4.52. The van der Waals surface area contributed by atoms with Crippen molar-refractivity contribution in [1.82, 2.24) is 4.90 Å². The van der Waals surface area contributed by atoms with Crippen molar-refractivity contribution in [3.8, 4) is 11.1 Å². The van der Waals surface area contributed by atoms with Crippen LogP contribution in [0.4, 0.5) is 4.79 Å². The van der Waals surface area contributed by atoms with Crippen LogP contribution in [0.25, 0.3) is 11.1 Å². The molecule has 1 amide bonds. The molecule has 5 nitrogen and oxygen atoms in total. The number of carbonyl (C=O) groups excluding carboxylic acids is 2. The Balaban J connectivity index is 1.48. The molecule has 2 aromatic rings. The molecule has 1 aliphatic heterocycles. The molecule has 1 atom stereocenters. The van der Waals surface area contributed by atoms with Crippen LogP contribution in [0, 0.1) is 0 Å². The highest BCUT2D eigenvalue weighted by Gasteiger charge is 2.35. The monoisotopic (exact) mass is 391 g/mol. The van der Waals surface area contributed by atoms with Gasteiger partial charge in [-0.25, -0.2) is 9.59 Å². The van der Waals surface area contributed by atoms with Gasteiger partial charge >= 0.3 is 12.1 Å². The van der Waals surface area contributed by atoms with E-state index in [0.29, 0.717) is 13.0 Å².